The first-order valence-corrected chi connectivity index (χ1v) is 6.56. The fourth-order valence-electron chi connectivity index (χ4n) is 1.93. The molecule has 1 aromatic carbocycles. The third-order valence-electron chi connectivity index (χ3n) is 3.37. The summed E-state index contributed by atoms with van der Waals surface area (Å²) in [6.45, 7) is 4.90. The molecule has 0 unspecified atom stereocenters. The van der Waals surface area contributed by atoms with Crippen LogP contribution in [0.25, 0.3) is 0 Å². The number of rotatable bonds is 7. The highest BCUT2D eigenvalue weighted by Crippen LogP contribution is 2.24. The number of nitro benzene ring substituents is 1. The van der Waals surface area contributed by atoms with Crippen molar-refractivity contribution in [2.24, 2.45) is 5.92 Å². The number of nitro groups is 1. The second-order valence-electron chi connectivity index (χ2n) is 4.89. The molecule has 1 rings (SSSR count). The largest absolute Gasteiger partial charge is 0.480 e. The summed E-state index contributed by atoms with van der Waals surface area (Å²) in [4.78, 5) is 33.0. The standard InChI is InChI=1S/C14H18N2O5/c1-4-8(2)13(14(18)19)15-10-5-6-12(16(20)21)11(7-10)9(3)17/h5-8,13,15H,4H2,1-3H3,(H,18,19)/t8-,13-/m0/s1. The van der Waals surface area contributed by atoms with Crippen molar-refractivity contribution in [3.05, 3.63) is 33.9 Å². The average molecular weight is 294 g/mol. The van der Waals surface area contributed by atoms with Crippen LogP contribution in [-0.2, 0) is 4.79 Å². The van der Waals surface area contributed by atoms with E-state index in [0.29, 0.717) is 12.1 Å². The SMILES string of the molecule is CC[C@H](C)[C@H](Nc1ccc([N+](=O)[O-])c(C(C)=O)c1)C(=O)O. The van der Waals surface area contributed by atoms with E-state index in [9.17, 15) is 24.8 Å². The third-order valence-corrected chi connectivity index (χ3v) is 3.37. The fourth-order valence-corrected chi connectivity index (χ4v) is 1.93. The molecular weight excluding hydrogens is 276 g/mol. The van der Waals surface area contributed by atoms with Crippen LogP contribution in [0.5, 0.6) is 0 Å². The number of carboxylic acid groups (broad SMARTS) is 1. The topological polar surface area (TPSA) is 110 Å². The first kappa shape index (κ1) is 16.6. The maximum Gasteiger partial charge on any atom is 0.326 e. The van der Waals surface area contributed by atoms with Crippen molar-refractivity contribution in [2.75, 3.05) is 5.32 Å². The van der Waals surface area contributed by atoms with Crippen LogP contribution in [0.15, 0.2) is 18.2 Å². The van der Waals surface area contributed by atoms with Gasteiger partial charge in [0.25, 0.3) is 5.69 Å². The number of ketones is 1. The van der Waals surface area contributed by atoms with Gasteiger partial charge in [0.1, 0.15) is 6.04 Å². The molecule has 0 radical (unpaired) electrons. The summed E-state index contributed by atoms with van der Waals surface area (Å²) in [6.07, 6.45) is 0.663. The summed E-state index contributed by atoms with van der Waals surface area (Å²) in [5.41, 5.74) is 0.0419. The van der Waals surface area contributed by atoms with Gasteiger partial charge in [-0.3, -0.25) is 14.9 Å². The number of anilines is 1. The number of carbonyl (C=O) groups is 2. The molecular formula is C14H18N2O5. The van der Waals surface area contributed by atoms with E-state index in [1.54, 1.807) is 6.92 Å². The van der Waals surface area contributed by atoms with Crippen LogP contribution in [0.4, 0.5) is 11.4 Å². The van der Waals surface area contributed by atoms with Crippen LogP contribution in [-0.4, -0.2) is 27.8 Å². The number of carbonyl (C=O) groups excluding carboxylic acids is 1. The van der Waals surface area contributed by atoms with Crippen molar-refractivity contribution < 1.29 is 19.6 Å². The number of aliphatic carboxylic acids is 1. The minimum atomic E-state index is -1.01. The highest BCUT2D eigenvalue weighted by Gasteiger charge is 2.24. The molecule has 2 N–H and O–H groups in total. The van der Waals surface area contributed by atoms with E-state index in [1.165, 1.54) is 25.1 Å². The van der Waals surface area contributed by atoms with Crippen LogP contribution in [0.3, 0.4) is 0 Å². The second-order valence-corrected chi connectivity index (χ2v) is 4.89. The van der Waals surface area contributed by atoms with Crippen LogP contribution < -0.4 is 5.32 Å². The van der Waals surface area contributed by atoms with Crippen molar-refractivity contribution in [1.29, 1.82) is 0 Å². The Bertz CT molecular complexity index is 570. The second kappa shape index (κ2) is 6.83. The van der Waals surface area contributed by atoms with Gasteiger partial charge in [-0.25, -0.2) is 4.79 Å². The Kier molecular flexibility index (Phi) is 5.40. The Morgan fingerprint density at radius 3 is 2.48 bits per heavy atom. The zero-order valence-corrected chi connectivity index (χ0v) is 12.1. The highest BCUT2D eigenvalue weighted by molar-refractivity contribution is 5.99. The summed E-state index contributed by atoms with van der Waals surface area (Å²) in [5, 5.41) is 22.9. The van der Waals surface area contributed by atoms with E-state index in [1.807, 2.05) is 6.92 Å². The van der Waals surface area contributed by atoms with Gasteiger partial charge in [0, 0.05) is 11.8 Å². The molecule has 0 aliphatic rings. The first-order valence-electron chi connectivity index (χ1n) is 6.56. The average Bonchev–Trinajstić information content (AvgIpc) is 2.43. The maximum atomic E-state index is 11.5. The van der Waals surface area contributed by atoms with E-state index in [2.05, 4.69) is 5.32 Å². The zero-order chi connectivity index (χ0) is 16.2. The molecule has 0 aliphatic carbocycles. The molecule has 0 saturated heterocycles. The number of hydrogen-bond acceptors (Lipinski definition) is 5. The maximum absolute atomic E-state index is 11.5. The van der Waals surface area contributed by atoms with Crippen molar-refractivity contribution in [2.45, 2.75) is 33.2 Å². The van der Waals surface area contributed by atoms with Crippen molar-refractivity contribution >= 4 is 23.1 Å². The van der Waals surface area contributed by atoms with Crippen LogP contribution in [0.1, 0.15) is 37.6 Å². The van der Waals surface area contributed by atoms with E-state index >= 15 is 0 Å². The number of nitrogens with one attached hydrogen (secondary N) is 1. The van der Waals surface area contributed by atoms with E-state index in [4.69, 9.17) is 0 Å². The molecule has 7 heteroatoms. The molecule has 114 valence electrons. The normalized spacial score (nSPS) is 13.3. The van der Waals surface area contributed by atoms with Crippen molar-refractivity contribution in [1.82, 2.24) is 0 Å². The number of nitrogens with zero attached hydrogens (tertiary/aromatic N) is 1. The van der Waals surface area contributed by atoms with Crippen molar-refractivity contribution in [3.8, 4) is 0 Å². The molecule has 2 atom stereocenters. The molecule has 1 aromatic rings. The van der Waals surface area contributed by atoms with Crippen molar-refractivity contribution in [3.63, 3.8) is 0 Å². The third kappa shape index (κ3) is 4.01. The Hall–Kier alpha value is -2.44. The Morgan fingerprint density at radius 1 is 1.43 bits per heavy atom. The minimum Gasteiger partial charge on any atom is -0.480 e. The monoisotopic (exact) mass is 294 g/mol. The molecule has 21 heavy (non-hydrogen) atoms. The van der Waals surface area contributed by atoms with Gasteiger partial charge >= 0.3 is 5.97 Å². The van der Waals surface area contributed by atoms with Crippen LogP contribution in [0, 0.1) is 16.0 Å². The quantitative estimate of drug-likeness (QED) is 0.454. The smallest absolute Gasteiger partial charge is 0.326 e. The summed E-state index contributed by atoms with van der Waals surface area (Å²) >= 11 is 0. The molecule has 0 saturated carbocycles. The molecule has 0 fully saturated rings. The summed E-state index contributed by atoms with van der Waals surface area (Å²) in [5.74, 6) is -1.58. The molecule has 0 bridgehead atoms. The molecule has 0 heterocycles. The van der Waals surface area contributed by atoms with Gasteiger partial charge in [-0.15, -0.1) is 0 Å². The first-order chi connectivity index (χ1) is 9.77. The molecule has 0 aromatic heterocycles. The molecule has 0 amide bonds. The molecule has 7 nitrogen and oxygen atoms in total. The lowest BCUT2D eigenvalue weighted by Gasteiger charge is -2.21. The van der Waals surface area contributed by atoms with Gasteiger partial charge in [0.15, 0.2) is 5.78 Å². The van der Waals surface area contributed by atoms with Gasteiger partial charge in [-0.1, -0.05) is 20.3 Å². The molecule has 0 spiro atoms. The zero-order valence-electron chi connectivity index (χ0n) is 12.1. The van der Waals surface area contributed by atoms with Crippen LogP contribution in [0.2, 0.25) is 0 Å². The predicted octanol–water partition coefficient (Wildman–Crippen LogP) is 2.71. The Morgan fingerprint density at radius 2 is 2.05 bits per heavy atom. The lowest BCUT2D eigenvalue weighted by molar-refractivity contribution is -0.385. The lowest BCUT2D eigenvalue weighted by atomic mass is 9.98. The lowest BCUT2D eigenvalue weighted by Crippen LogP contribution is -2.35. The fraction of sp³-hybridized carbons (Fsp3) is 0.429. The Balaban J connectivity index is 3.14. The van der Waals surface area contributed by atoms with E-state index < -0.39 is 22.7 Å². The number of carboxylic acids is 1. The van der Waals surface area contributed by atoms with E-state index in [0.717, 1.165) is 0 Å². The number of hydrogen-bond donors (Lipinski definition) is 2. The summed E-state index contributed by atoms with van der Waals surface area (Å²) in [7, 11) is 0. The van der Waals surface area contributed by atoms with Gasteiger partial charge < -0.3 is 10.4 Å². The molecule has 0 aliphatic heterocycles. The summed E-state index contributed by atoms with van der Waals surface area (Å²) < 4.78 is 0. The van der Waals surface area contributed by atoms with Gasteiger partial charge in [0.2, 0.25) is 0 Å². The number of benzene rings is 1. The van der Waals surface area contributed by atoms with Gasteiger partial charge in [0.05, 0.1) is 10.5 Å². The minimum absolute atomic E-state index is 0.0432. The van der Waals surface area contributed by atoms with Gasteiger partial charge in [-0.05, 0) is 25.0 Å². The Labute approximate surface area is 122 Å². The van der Waals surface area contributed by atoms with Crippen LogP contribution >= 0.6 is 0 Å². The summed E-state index contributed by atoms with van der Waals surface area (Å²) in [6, 6.07) is 3.10. The highest BCUT2D eigenvalue weighted by atomic mass is 16.6. The predicted molar refractivity (Wildman–Crippen MR) is 77.6 cm³/mol. The number of Topliss-reactive ketones (excluding diaryl/α,β-unsaturated/α-hetero) is 1. The van der Waals surface area contributed by atoms with Gasteiger partial charge in [-0.2, -0.15) is 0 Å². The van der Waals surface area contributed by atoms with E-state index in [-0.39, 0.29) is 17.2 Å².